The molecule has 1 saturated carbocycles. The molecule has 0 radical (unpaired) electrons. The van der Waals surface area contributed by atoms with Crippen molar-refractivity contribution in [2.24, 2.45) is 5.73 Å². The van der Waals surface area contributed by atoms with Gasteiger partial charge in [0.2, 0.25) is 0 Å². The summed E-state index contributed by atoms with van der Waals surface area (Å²) in [6.45, 7) is 1.48. The van der Waals surface area contributed by atoms with Crippen LogP contribution in [0.15, 0.2) is 0 Å². The van der Waals surface area contributed by atoms with Gasteiger partial charge in [0.05, 0.1) is 5.60 Å². The quantitative estimate of drug-likeness (QED) is 0.754. The van der Waals surface area contributed by atoms with Crippen molar-refractivity contribution in [3.63, 3.8) is 0 Å². The first-order valence-electron chi connectivity index (χ1n) is 8.28. The van der Waals surface area contributed by atoms with E-state index in [-0.39, 0.29) is 12.2 Å². The molecule has 3 N–H and O–H groups in total. The summed E-state index contributed by atoms with van der Waals surface area (Å²) >= 11 is 0. The number of aliphatic hydroxyl groups excluding tert-OH is 1. The smallest absolute Gasteiger partial charge is 0.0804 e. The predicted octanol–water partition coefficient (Wildman–Crippen LogP) is 3.39. The first-order chi connectivity index (χ1) is 9.33. The summed E-state index contributed by atoms with van der Waals surface area (Å²) < 4.78 is 6.08. The highest BCUT2D eigenvalue weighted by Gasteiger charge is 2.28. The van der Waals surface area contributed by atoms with Gasteiger partial charge in [-0.15, -0.1) is 0 Å². The molecule has 0 atom stereocenters. The van der Waals surface area contributed by atoms with Crippen LogP contribution in [0.5, 0.6) is 0 Å². The topological polar surface area (TPSA) is 55.5 Å². The monoisotopic (exact) mass is 271 g/mol. The fourth-order valence-electron chi connectivity index (χ4n) is 3.02. The van der Waals surface area contributed by atoms with E-state index >= 15 is 0 Å². The maximum atomic E-state index is 8.89. The minimum absolute atomic E-state index is 0.117. The second-order valence-corrected chi connectivity index (χ2v) is 5.99. The van der Waals surface area contributed by atoms with Crippen LogP contribution in [-0.4, -0.2) is 30.5 Å². The summed E-state index contributed by atoms with van der Waals surface area (Å²) in [6.07, 6.45) is 14.9. The van der Waals surface area contributed by atoms with Gasteiger partial charge < -0.3 is 15.6 Å². The highest BCUT2D eigenvalue weighted by atomic mass is 16.5. The Bertz CT molecular complexity index is 197. The van der Waals surface area contributed by atoms with Gasteiger partial charge in [0.1, 0.15) is 0 Å². The van der Waals surface area contributed by atoms with Crippen molar-refractivity contribution in [1.82, 2.24) is 0 Å². The van der Waals surface area contributed by atoms with Crippen LogP contribution in [0.25, 0.3) is 0 Å². The number of aliphatic hydroxyl groups is 1. The van der Waals surface area contributed by atoms with Crippen molar-refractivity contribution in [2.45, 2.75) is 82.7 Å². The van der Waals surface area contributed by atoms with Gasteiger partial charge in [-0.2, -0.15) is 0 Å². The molecule has 0 aromatic heterocycles. The highest BCUT2D eigenvalue weighted by molar-refractivity contribution is 4.82. The fourth-order valence-corrected chi connectivity index (χ4v) is 3.02. The largest absolute Gasteiger partial charge is 0.396 e. The molecule has 0 heterocycles. The van der Waals surface area contributed by atoms with Crippen LogP contribution in [0, 0.1) is 0 Å². The zero-order valence-electron chi connectivity index (χ0n) is 12.5. The molecule has 0 spiro atoms. The lowest BCUT2D eigenvalue weighted by Crippen LogP contribution is -2.41. The summed E-state index contributed by atoms with van der Waals surface area (Å²) in [5.74, 6) is 0. The molecule has 1 aliphatic carbocycles. The summed E-state index contributed by atoms with van der Waals surface area (Å²) in [6, 6.07) is 0. The molecular formula is C16H33NO2. The summed E-state index contributed by atoms with van der Waals surface area (Å²) in [5, 5.41) is 8.89. The molecule has 1 fully saturated rings. The number of rotatable bonds is 5. The molecule has 19 heavy (non-hydrogen) atoms. The van der Waals surface area contributed by atoms with E-state index in [1.807, 2.05) is 0 Å². The summed E-state index contributed by atoms with van der Waals surface area (Å²) in [4.78, 5) is 0. The van der Waals surface area contributed by atoms with Crippen molar-refractivity contribution >= 4 is 0 Å². The molecular weight excluding hydrogens is 238 g/mol. The van der Waals surface area contributed by atoms with Gasteiger partial charge in [-0.25, -0.2) is 0 Å². The zero-order chi connectivity index (χ0) is 13.8. The molecule has 0 aromatic carbocycles. The Morgan fingerprint density at radius 2 is 1.32 bits per heavy atom. The lowest BCUT2D eigenvalue weighted by molar-refractivity contribution is -0.0578. The Morgan fingerprint density at radius 3 is 1.74 bits per heavy atom. The molecule has 3 nitrogen and oxygen atoms in total. The van der Waals surface area contributed by atoms with Gasteiger partial charge in [-0.1, -0.05) is 57.8 Å². The molecule has 1 rings (SSSR count). The van der Waals surface area contributed by atoms with E-state index in [4.69, 9.17) is 15.6 Å². The number of hydrogen-bond donors (Lipinski definition) is 2. The van der Waals surface area contributed by atoms with Crippen molar-refractivity contribution < 1.29 is 9.84 Å². The van der Waals surface area contributed by atoms with E-state index < -0.39 is 0 Å². The Kier molecular flexibility index (Phi) is 9.48. The molecule has 0 bridgehead atoms. The average Bonchev–Trinajstić information content (AvgIpc) is 2.42. The molecule has 1 aliphatic rings. The Labute approximate surface area is 118 Å². The lowest BCUT2D eigenvalue weighted by atomic mass is 9.88. The van der Waals surface area contributed by atoms with E-state index in [1.165, 1.54) is 57.8 Å². The third-order valence-corrected chi connectivity index (χ3v) is 4.35. The summed E-state index contributed by atoms with van der Waals surface area (Å²) in [7, 11) is 0. The van der Waals surface area contributed by atoms with Crippen LogP contribution in [0.4, 0.5) is 0 Å². The molecule has 3 heteroatoms. The van der Waals surface area contributed by atoms with Crippen LogP contribution in [0.3, 0.4) is 0 Å². The van der Waals surface area contributed by atoms with Gasteiger partial charge in [-0.3, -0.25) is 0 Å². The highest BCUT2D eigenvalue weighted by Crippen LogP contribution is 2.27. The first kappa shape index (κ1) is 16.9. The molecule has 0 amide bonds. The zero-order valence-corrected chi connectivity index (χ0v) is 12.5. The third-order valence-electron chi connectivity index (χ3n) is 4.35. The molecule has 0 aromatic rings. The van der Waals surface area contributed by atoms with Gasteiger partial charge in [0.25, 0.3) is 0 Å². The Balaban J connectivity index is 2.45. The van der Waals surface area contributed by atoms with Crippen LogP contribution < -0.4 is 5.73 Å². The summed E-state index contributed by atoms with van der Waals surface area (Å²) in [5.41, 5.74) is 5.90. The maximum Gasteiger partial charge on any atom is 0.0804 e. The third kappa shape index (κ3) is 7.28. The standard InChI is InChI=1S/C16H33NO2/c17-15-16(19-14-10-13-18)11-8-6-4-2-1-3-5-7-9-12-16/h18H,1-15,17H2. The van der Waals surface area contributed by atoms with E-state index in [1.54, 1.807) is 0 Å². The van der Waals surface area contributed by atoms with E-state index in [0.29, 0.717) is 13.2 Å². The second kappa shape index (κ2) is 10.6. The number of nitrogens with two attached hydrogens (primary N) is 1. The van der Waals surface area contributed by atoms with Crippen molar-refractivity contribution in [3.05, 3.63) is 0 Å². The first-order valence-corrected chi connectivity index (χ1v) is 8.28. The minimum Gasteiger partial charge on any atom is -0.396 e. The Hall–Kier alpha value is -0.120. The molecule has 0 unspecified atom stereocenters. The van der Waals surface area contributed by atoms with Gasteiger partial charge in [-0.05, 0) is 19.3 Å². The van der Waals surface area contributed by atoms with E-state index in [2.05, 4.69) is 0 Å². The minimum atomic E-state index is -0.117. The molecule has 114 valence electrons. The molecule has 0 saturated heterocycles. The predicted molar refractivity (Wildman–Crippen MR) is 80.2 cm³/mol. The van der Waals surface area contributed by atoms with Crippen molar-refractivity contribution in [2.75, 3.05) is 19.8 Å². The van der Waals surface area contributed by atoms with Crippen molar-refractivity contribution in [1.29, 1.82) is 0 Å². The lowest BCUT2D eigenvalue weighted by Gasteiger charge is -2.33. The van der Waals surface area contributed by atoms with Gasteiger partial charge in [0, 0.05) is 19.8 Å². The van der Waals surface area contributed by atoms with E-state index in [9.17, 15) is 0 Å². The SMILES string of the molecule is NCC1(OCCCO)CCCCCCCCCCC1. The Morgan fingerprint density at radius 1 is 0.842 bits per heavy atom. The van der Waals surface area contributed by atoms with E-state index in [0.717, 1.165) is 19.3 Å². The second-order valence-electron chi connectivity index (χ2n) is 5.99. The number of ether oxygens (including phenoxy) is 1. The van der Waals surface area contributed by atoms with Gasteiger partial charge >= 0.3 is 0 Å². The van der Waals surface area contributed by atoms with Crippen LogP contribution >= 0.6 is 0 Å². The van der Waals surface area contributed by atoms with Crippen LogP contribution in [-0.2, 0) is 4.74 Å². The number of hydrogen-bond acceptors (Lipinski definition) is 3. The van der Waals surface area contributed by atoms with Crippen LogP contribution in [0.1, 0.15) is 77.0 Å². The van der Waals surface area contributed by atoms with Crippen LogP contribution in [0.2, 0.25) is 0 Å². The van der Waals surface area contributed by atoms with Crippen molar-refractivity contribution in [3.8, 4) is 0 Å². The fraction of sp³-hybridized carbons (Fsp3) is 1.00. The normalized spacial score (nSPS) is 22.4. The molecule has 0 aliphatic heterocycles. The van der Waals surface area contributed by atoms with Gasteiger partial charge in [0.15, 0.2) is 0 Å². The average molecular weight is 271 g/mol. The maximum absolute atomic E-state index is 8.89.